The zero-order chi connectivity index (χ0) is 15.4. The molecule has 2 rings (SSSR count). The van der Waals surface area contributed by atoms with Crippen molar-refractivity contribution >= 4 is 33.6 Å². The Morgan fingerprint density at radius 2 is 2.19 bits per heavy atom. The number of hydrogen-bond acceptors (Lipinski definition) is 3. The number of amides is 2. The predicted octanol–water partition coefficient (Wildman–Crippen LogP) is 2.84. The van der Waals surface area contributed by atoms with Crippen LogP contribution in [0.3, 0.4) is 0 Å². The molecule has 2 atom stereocenters. The van der Waals surface area contributed by atoms with Gasteiger partial charge in [0.25, 0.3) is 0 Å². The van der Waals surface area contributed by atoms with Gasteiger partial charge in [-0.05, 0) is 38.0 Å². The van der Waals surface area contributed by atoms with Crippen LogP contribution in [0.15, 0.2) is 22.7 Å². The first kappa shape index (κ1) is 15.8. The van der Waals surface area contributed by atoms with Gasteiger partial charge in [-0.3, -0.25) is 0 Å². The highest BCUT2D eigenvalue weighted by atomic mass is 79.9. The Morgan fingerprint density at radius 3 is 2.86 bits per heavy atom. The first-order valence-corrected chi connectivity index (χ1v) is 7.47. The van der Waals surface area contributed by atoms with E-state index in [0.29, 0.717) is 11.1 Å². The van der Waals surface area contributed by atoms with E-state index in [-0.39, 0.29) is 23.4 Å². The minimum Gasteiger partial charge on any atom is -0.478 e. The molecule has 3 N–H and O–H groups in total. The van der Waals surface area contributed by atoms with Crippen LogP contribution in [-0.2, 0) is 4.74 Å². The maximum Gasteiger partial charge on any atom is 0.337 e. The zero-order valence-electron chi connectivity index (χ0n) is 11.6. The molecule has 1 aliphatic heterocycles. The molecule has 1 fully saturated rings. The van der Waals surface area contributed by atoms with E-state index in [1.807, 2.05) is 6.92 Å². The lowest BCUT2D eigenvalue weighted by Crippen LogP contribution is -2.43. The lowest BCUT2D eigenvalue weighted by molar-refractivity contribution is 0.0157. The summed E-state index contributed by atoms with van der Waals surface area (Å²) in [5, 5.41) is 14.6. The van der Waals surface area contributed by atoms with Crippen molar-refractivity contribution in [3.8, 4) is 0 Å². The number of carbonyl (C=O) groups is 2. The molecule has 1 aromatic rings. The molecule has 0 aliphatic carbocycles. The molecule has 2 unspecified atom stereocenters. The molecule has 2 amide bonds. The Kier molecular flexibility index (Phi) is 5.19. The van der Waals surface area contributed by atoms with Crippen LogP contribution < -0.4 is 10.6 Å². The molecule has 1 aliphatic rings. The third-order valence-electron chi connectivity index (χ3n) is 3.28. The monoisotopic (exact) mass is 356 g/mol. The topological polar surface area (TPSA) is 87.7 Å². The zero-order valence-corrected chi connectivity index (χ0v) is 13.1. The van der Waals surface area contributed by atoms with Crippen LogP contribution in [0.1, 0.15) is 30.1 Å². The Morgan fingerprint density at radius 1 is 1.43 bits per heavy atom. The molecule has 0 bridgehead atoms. The van der Waals surface area contributed by atoms with Gasteiger partial charge in [0.15, 0.2) is 0 Å². The number of rotatable bonds is 3. The van der Waals surface area contributed by atoms with Crippen molar-refractivity contribution in [2.24, 2.45) is 0 Å². The SMILES string of the molecule is CC1CC(NC(=O)Nc2ccc(Br)cc2C(=O)O)CCO1. The molecular formula is C14H17BrN2O4. The first-order valence-electron chi connectivity index (χ1n) is 6.67. The Hall–Kier alpha value is -1.60. The van der Waals surface area contributed by atoms with Crippen molar-refractivity contribution in [3.05, 3.63) is 28.2 Å². The second kappa shape index (κ2) is 6.91. The Bertz CT molecular complexity index is 550. The van der Waals surface area contributed by atoms with Gasteiger partial charge in [0.1, 0.15) is 0 Å². The van der Waals surface area contributed by atoms with Crippen LogP contribution in [-0.4, -0.2) is 35.9 Å². The molecule has 0 radical (unpaired) electrons. The molecular weight excluding hydrogens is 340 g/mol. The summed E-state index contributed by atoms with van der Waals surface area (Å²) < 4.78 is 6.06. The standard InChI is InChI=1S/C14H17BrN2O4/c1-8-6-10(4-5-21-8)16-14(20)17-12-3-2-9(15)7-11(12)13(18)19/h2-3,7-8,10H,4-6H2,1H3,(H,18,19)(H2,16,17,20). The van der Waals surface area contributed by atoms with Crippen molar-refractivity contribution in [2.45, 2.75) is 31.9 Å². The normalized spacial score (nSPS) is 21.6. The van der Waals surface area contributed by atoms with Crippen LogP contribution in [0.2, 0.25) is 0 Å². The van der Waals surface area contributed by atoms with Crippen LogP contribution in [0.5, 0.6) is 0 Å². The Labute approximate surface area is 131 Å². The lowest BCUT2D eigenvalue weighted by atomic mass is 10.0. The quantitative estimate of drug-likeness (QED) is 0.776. The molecule has 114 valence electrons. The molecule has 1 saturated heterocycles. The maximum absolute atomic E-state index is 12.0. The summed E-state index contributed by atoms with van der Waals surface area (Å²) in [5.74, 6) is -1.09. The average Bonchev–Trinajstić information content (AvgIpc) is 2.40. The minimum atomic E-state index is -1.09. The van der Waals surface area contributed by atoms with Crippen molar-refractivity contribution in [2.75, 3.05) is 11.9 Å². The number of aromatic carboxylic acids is 1. The molecule has 0 aromatic heterocycles. The van der Waals surface area contributed by atoms with E-state index in [9.17, 15) is 9.59 Å². The third-order valence-corrected chi connectivity index (χ3v) is 3.77. The van der Waals surface area contributed by atoms with E-state index in [0.717, 1.165) is 12.8 Å². The van der Waals surface area contributed by atoms with Gasteiger partial charge < -0.3 is 20.5 Å². The molecule has 1 heterocycles. The molecule has 7 heteroatoms. The van der Waals surface area contributed by atoms with Gasteiger partial charge in [-0.1, -0.05) is 15.9 Å². The van der Waals surface area contributed by atoms with Gasteiger partial charge in [-0.25, -0.2) is 9.59 Å². The van der Waals surface area contributed by atoms with Crippen LogP contribution in [0.4, 0.5) is 10.5 Å². The number of anilines is 1. The number of carboxylic acids is 1. The molecule has 21 heavy (non-hydrogen) atoms. The fourth-order valence-corrected chi connectivity index (χ4v) is 2.64. The summed E-state index contributed by atoms with van der Waals surface area (Å²) in [7, 11) is 0. The van der Waals surface area contributed by atoms with E-state index in [4.69, 9.17) is 9.84 Å². The number of carbonyl (C=O) groups excluding carboxylic acids is 1. The maximum atomic E-state index is 12.0. The van der Waals surface area contributed by atoms with Crippen molar-refractivity contribution in [1.29, 1.82) is 0 Å². The number of benzene rings is 1. The minimum absolute atomic E-state index is 0.0393. The smallest absolute Gasteiger partial charge is 0.337 e. The molecule has 1 aromatic carbocycles. The fourth-order valence-electron chi connectivity index (χ4n) is 2.28. The largest absolute Gasteiger partial charge is 0.478 e. The van der Waals surface area contributed by atoms with E-state index in [2.05, 4.69) is 26.6 Å². The van der Waals surface area contributed by atoms with Crippen LogP contribution in [0, 0.1) is 0 Å². The number of urea groups is 1. The summed E-state index contributed by atoms with van der Waals surface area (Å²) in [6.07, 6.45) is 1.62. The van der Waals surface area contributed by atoms with E-state index >= 15 is 0 Å². The predicted molar refractivity (Wildman–Crippen MR) is 81.7 cm³/mol. The van der Waals surface area contributed by atoms with Gasteiger partial charge in [0.05, 0.1) is 17.4 Å². The molecule has 6 nitrogen and oxygen atoms in total. The number of hydrogen-bond donors (Lipinski definition) is 3. The van der Waals surface area contributed by atoms with Crippen LogP contribution in [0.25, 0.3) is 0 Å². The van der Waals surface area contributed by atoms with E-state index in [1.54, 1.807) is 12.1 Å². The first-order chi connectivity index (χ1) is 9.95. The molecule has 0 spiro atoms. The van der Waals surface area contributed by atoms with E-state index in [1.165, 1.54) is 6.07 Å². The third kappa shape index (κ3) is 4.44. The van der Waals surface area contributed by atoms with Gasteiger partial charge in [0, 0.05) is 17.1 Å². The van der Waals surface area contributed by atoms with Gasteiger partial charge in [-0.2, -0.15) is 0 Å². The summed E-state index contributed by atoms with van der Waals surface area (Å²) >= 11 is 3.21. The van der Waals surface area contributed by atoms with Gasteiger partial charge in [-0.15, -0.1) is 0 Å². The van der Waals surface area contributed by atoms with Crippen molar-refractivity contribution in [3.63, 3.8) is 0 Å². The highest BCUT2D eigenvalue weighted by Gasteiger charge is 2.21. The number of nitrogens with one attached hydrogen (secondary N) is 2. The lowest BCUT2D eigenvalue weighted by Gasteiger charge is -2.28. The second-order valence-corrected chi connectivity index (χ2v) is 5.91. The highest BCUT2D eigenvalue weighted by molar-refractivity contribution is 9.10. The summed E-state index contributed by atoms with van der Waals surface area (Å²) in [5.41, 5.74) is 0.308. The van der Waals surface area contributed by atoms with Crippen LogP contribution >= 0.6 is 15.9 Å². The number of halogens is 1. The highest BCUT2D eigenvalue weighted by Crippen LogP contribution is 2.21. The average molecular weight is 357 g/mol. The summed E-state index contributed by atoms with van der Waals surface area (Å²) in [6.45, 7) is 2.58. The molecule has 0 saturated carbocycles. The van der Waals surface area contributed by atoms with E-state index < -0.39 is 12.0 Å². The van der Waals surface area contributed by atoms with Crippen molar-refractivity contribution in [1.82, 2.24) is 5.32 Å². The number of carboxylic acid groups (broad SMARTS) is 1. The van der Waals surface area contributed by atoms with Crippen molar-refractivity contribution < 1.29 is 19.4 Å². The second-order valence-electron chi connectivity index (χ2n) is 5.00. The summed E-state index contributed by atoms with van der Waals surface area (Å²) in [4.78, 5) is 23.2. The fraction of sp³-hybridized carbons (Fsp3) is 0.429. The number of ether oxygens (including phenoxy) is 1. The van der Waals surface area contributed by atoms with Gasteiger partial charge in [0.2, 0.25) is 0 Å². The summed E-state index contributed by atoms with van der Waals surface area (Å²) in [6, 6.07) is 4.32. The Balaban J connectivity index is 2.01. The van der Waals surface area contributed by atoms with Gasteiger partial charge >= 0.3 is 12.0 Å².